The molecular weight excluding hydrogens is 452 g/mol. The van der Waals surface area contributed by atoms with Gasteiger partial charge in [0, 0.05) is 9.13 Å². The molecule has 0 fully saturated rings. The first kappa shape index (κ1) is 19.0. The van der Waals surface area contributed by atoms with Crippen LogP contribution in [0.1, 0.15) is 15.9 Å². The van der Waals surface area contributed by atoms with Crippen LogP contribution in [0.15, 0.2) is 42.5 Å². The molecule has 0 aliphatic rings. The Bertz CT molecular complexity index is 809. The lowest BCUT2D eigenvalue weighted by Gasteiger charge is -2.12. The summed E-state index contributed by atoms with van der Waals surface area (Å²) in [5.74, 6) is -1.04. The zero-order valence-corrected chi connectivity index (χ0v) is 14.7. The number of carbonyl (C=O) groups excluding carboxylic acids is 2. The highest BCUT2D eigenvalue weighted by atomic mass is 127. The van der Waals surface area contributed by atoms with Gasteiger partial charge in [-0.2, -0.15) is 13.2 Å². The van der Waals surface area contributed by atoms with E-state index in [1.54, 1.807) is 0 Å². The molecule has 0 saturated heterocycles. The lowest BCUT2D eigenvalue weighted by atomic mass is 10.2. The van der Waals surface area contributed by atoms with Crippen LogP contribution in [0.4, 0.5) is 18.9 Å². The minimum absolute atomic E-state index is 0.0370. The fourth-order valence-electron chi connectivity index (χ4n) is 1.87. The van der Waals surface area contributed by atoms with Gasteiger partial charge in [0.15, 0.2) is 6.61 Å². The third kappa shape index (κ3) is 5.34. The zero-order chi connectivity index (χ0) is 18.6. The summed E-state index contributed by atoms with van der Waals surface area (Å²) >= 11 is 1.82. The maximum atomic E-state index is 12.7. The lowest BCUT2D eigenvalue weighted by Crippen LogP contribution is -2.21. The number of amides is 2. The maximum Gasteiger partial charge on any atom is 0.416 e. The summed E-state index contributed by atoms with van der Waals surface area (Å²) in [6.07, 6.45) is -4.50. The quantitative estimate of drug-likeness (QED) is 0.666. The van der Waals surface area contributed by atoms with Crippen LogP contribution in [0.5, 0.6) is 5.75 Å². The highest BCUT2D eigenvalue weighted by molar-refractivity contribution is 14.1. The molecule has 0 aromatic heterocycles. The molecular formula is C16H12F3IN2O3. The number of rotatable bonds is 5. The predicted molar refractivity (Wildman–Crippen MR) is 93.2 cm³/mol. The second-order valence-electron chi connectivity index (χ2n) is 4.92. The maximum absolute atomic E-state index is 12.7. The molecule has 0 aliphatic heterocycles. The van der Waals surface area contributed by atoms with Gasteiger partial charge in [-0.25, -0.2) is 0 Å². The monoisotopic (exact) mass is 464 g/mol. The van der Waals surface area contributed by atoms with Gasteiger partial charge in [-0.3, -0.25) is 9.59 Å². The van der Waals surface area contributed by atoms with E-state index >= 15 is 0 Å². The summed E-state index contributed by atoms with van der Waals surface area (Å²) in [7, 11) is 0. The Balaban J connectivity index is 2.03. The molecule has 0 radical (unpaired) electrons. The fraction of sp³-hybridized carbons (Fsp3) is 0.125. The minimum atomic E-state index is -4.50. The number of hydrogen-bond donors (Lipinski definition) is 2. The Hall–Kier alpha value is -2.30. The fourth-order valence-corrected chi connectivity index (χ4v) is 2.34. The van der Waals surface area contributed by atoms with Crippen LogP contribution >= 0.6 is 22.6 Å². The number of primary amides is 1. The Morgan fingerprint density at radius 2 is 1.88 bits per heavy atom. The number of benzene rings is 2. The Labute approximate surface area is 154 Å². The molecule has 0 saturated carbocycles. The van der Waals surface area contributed by atoms with Gasteiger partial charge in [-0.15, -0.1) is 0 Å². The molecule has 0 heterocycles. The third-order valence-electron chi connectivity index (χ3n) is 3.06. The van der Waals surface area contributed by atoms with Crippen LogP contribution in [0.2, 0.25) is 0 Å². The van der Waals surface area contributed by atoms with E-state index in [-0.39, 0.29) is 17.0 Å². The first-order valence-corrected chi connectivity index (χ1v) is 7.94. The highest BCUT2D eigenvalue weighted by Gasteiger charge is 2.31. The number of hydrogen-bond acceptors (Lipinski definition) is 3. The third-order valence-corrected chi connectivity index (χ3v) is 4.00. The molecule has 2 aromatic carbocycles. The van der Waals surface area contributed by atoms with Gasteiger partial charge in [-0.05, 0) is 59.0 Å². The van der Waals surface area contributed by atoms with Gasteiger partial charge in [0.05, 0.1) is 11.3 Å². The number of alkyl halides is 3. The largest absolute Gasteiger partial charge is 0.484 e. The number of anilines is 1. The van der Waals surface area contributed by atoms with Crippen molar-refractivity contribution in [2.75, 3.05) is 11.9 Å². The number of nitrogens with one attached hydrogen (secondary N) is 1. The second-order valence-corrected chi connectivity index (χ2v) is 6.08. The number of ether oxygens (including phenoxy) is 1. The van der Waals surface area contributed by atoms with Crippen molar-refractivity contribution in [3.8, 4) is 5.75 Å². The van der Waals surface area contributed by atoms with Crippen molar-refractivity contribution >= 4 is 40.1 Å². The average molecular weight is 464 g/mol. The van der Waals surface area contributed by atoms with Crippen LogP contribution < -0.4 is 15.8 Å². The normalized spacial score (nSPS) is 11.0. The zero-order valence-electron chi connectivity index (χ0n) is 12.6. The molecule has 9 heteroatoms. The summed E-state index contributed by atoms with van der Waals surface area (Å²) in [6, 6.07) is 8.95. The molecule has 25 heavy (non-hydrogen) atoms. The molecule has 0 spiro atoms. The first-order valence-electron chi connectivity index (χ1n) is 6.86. The minimum Gasteiger partial charge on any atom is -0.484 e. The average Bonchev–Trinajstić information content (AvgIpc) is 2.54. The van der Waals surface area contributed by atoms with E-state index in [9.17, 15) is 22.8 Å². The molecule has 2 aromatic rings. The highest BCUT2D eigenvalue weighted by Crippen LogP contribution is 2.32. The Morgan fingerprint density at radius 1 is 1.16 bits per heavy atom. The van der Waals surface area contributed by atoms with Crippen molar-refractivity contribution in [2.45, 2.75) is 6.18 Å². The second kappa shape index (κ2) is 7.72. The Kier molecular flexibility index (Phi) is 5.88. The van der Waals surface area contributed by atoms with Crippen molar-refractivity contribution in [3.63, 3.8) is 0 Å². The lowest BCUT2D eigenvalue weighted by molar-refractivity contribution is -0.137. The van der Waals surface area contributed by atoms with Gasteiger partial charge in [-0.1, -0.05) is 6.07 Å². The van der Waals surface area contributed by atoms with Crippen molar-refractivity contribution in [2.24, 2.45) is 5.73 Å². The van der Waals surface area contributed by atoms with Crippen LogP contribution in [0.3, 0.4) is 0 Å². The number of halogens is 4. The van der Waals surface area contributed by atoms with Crippen LogP contribution in [0, 0.1) is 3.57 Å². The number of carbonyl (C=O) groups is 2. The predicted octanol–water partition coefficient (Wildman–Crippen LogP) is 3.43. The summed E-state index contributed by atoms with van der Waals surface area (Å²) < 4.78 is 43.9. The first-order chi connectivity index (χ1) is 11.7. The van der Waals surface area contributed by atoms with Crippen molar-refractivity contribution in [3.05, 3.63) is 57.2 Å². The molecule has 132 valence electrons. The van der Waals surface area contributed by atoms with E-state index in [2.05, 4.69) is 5.32 Å². The van der Waals surface area contributed by atoms with Gasteiger partial charge < -0.3 is 15.8 Å². The van der Waals surface area contributed by atoms with Crippen molar-refractivity contribution < 1.29 is 27.5 Å². The van der Waals surface area contributed by atoms with Crippen LogP contribution in [0.25, 0.3) is 0 Å². The van der Waals surface area contributed by atoms with Crippen molar-refractivity contribution in [1.29, 1.82) is 0 Å². The van der Waals surface area contributed by atoms with Crippen LogP contribution in [-0.4, -0.2) is 18.4 Å². The van der Waals surface area contributed by atoms with Gasteiger partial charge in [0.25, 0.3) is 5.91 Å². The molecule has 5 nitrogen and oxygen atoms in total. The molecule has 2 amide bonds. The van der Waals surface area contributed by atoms with E-state index in [1.807, 2.05) is 22.6 Å². The topological polar surface area (TPSA) is 81.4 Å². The summed E-state index contributed by atoms with van der Waals surface area (Å²) in [6.45, 7) is -0.436. The van der Waals surface area contributed by atoms with Gasteiger partial charge in [0.2, 0.25) is 5.91 Å². The summed E-state index contributed by atoms with van der Waals surface area (Å²) in [4.78, 5) is 23.0. The molecule has 3 N–H and O–H groups in total. The Morgan fingerprint density at radius 3 is 2.52 bits per heavy atom. The standard InChI is InChI=1S/C16H12F3IN2O3/c17-16(18,19)10-4-5-12(20)13(7-10)22-14(23)8-25-11-3-1-2-9(6-11)15(21)24/h1-7H,8H2,(H2,21,24)(H,22,23). The molecule has 0 bridgehead atoms. The number of nitrogens with two attached hydrogens (primary N) is 1. The van der Waals surface area contributed by atoms with Gasteiger partial charge >= 0.3 is 6.18 Å². The van der Waals surface area contributed by atoms with Crippen LogP contribution in [-0.2, 0) is 11.0 Å². The molecule has 0 atom stereocenters. The van der Waals surface area contributed by atoms with E-state index in [0.717, 1.165) is 12.1 Å². The summed E-state index contributed by atoms with van der Waals surface area (Å²) in [5, 5.41) is 2.37. The van der Waals surface area contributed by atoms with E-state index in [4.69, 9.17) is 10.5 Å². The van der Waals surface area contributed by atoms with Gasteiger partial charge in [0.1, 0.15) is 5.75 Å². The van der Waals surface area contributed by atoms with Crippen molar-refractivity contribution in [1.82, 2.24) is 0 Å². The molecule has 2 rings (SSSR count). The molecule has 0 aliphatic carbocycles. The SMILES string of the molecule is NC(=O)c1cccc(OCC(=O)Nc2cc(C(F)(F)F)ccc2I)c1. The van der Waals surface area contributed by atoms with E-state index in [1.165, 1.54) is 30.3 Å². The molecule has 0 unspecified atom stereocenters. The van der Waals surface area contributed by atoms with E-state index in [0.29, 0.717) is 3.57 Å². The van der Waals surface area contributed by atoms with E-state index < -0.39 is 30.2 Å². The smallest absolute Gasteiger partial charge is 0.416 e. The summed E-state index contributed by atoms with van der Waals surface area (Å²) in [5.41, 5.74) is 4.53.